The molecule has 0 aliphatic carbocycles. The maximum Gasteiger partial charge on any atom is 0.293 e. The van der Waals surface area contributed by atoms with Gasteiger partial charge in [-0.15, -0.1) is 0 Å². The van der Waals surface area contributed by atoms with E-state index in [0.717, 1.165) is 27.4 Å². The van der Waals surface area contributed by atoms with E-state index in [-0.39, 0.29) is 17.7 Å². The largest absolute Gasteiger partial charge is 0.490 e. The molecule has 1 aliphatic heterocycles. The fraction of sp³-hybridized carbons (Fsp3) is 0.238. The standard InChI is InChI=1S/C21H20BrNO4S/c1-3-26-17-10-9-14(11-18(17)27-4-2)12-19-20(24)23(21(25)28-19)13-15-7-5-6-8-16(15)22/h5-12H,3-4,13H2,1-2H3/b19-12+. The molecule has 0 aromatic heterocycles. The van der Waals surface area contributed by atoms with Crippen LogP contribution in [0.1, 0.15) is 25.0 Å². The van der Waals surface area contributed by atoms with Crippen molar-refractivity contribution >= 4 is 44.9 Å². The second-order valence-corrected chi connectivity index (χ2v) is 7.78. The number of thioether (sulfide) groups is 1. The van der Waals surface area contributed by atoms with Crippen molar-refractivity contribution in [2.24, 2.45) is 0 Å². The van der Waals surface area contributed by atoms with Crippen LogP contribution < -0.4 is 9.47 Å². The number of imide groups is 1. The molecule has 2 aromatic carbocycles. The van der Waals surface area contributed by atoms with Crippen LogP contribution in [0.2, 0.25) is 0 Å². The first-order valence-electron chi connectivity index (χ1n) is 8.92. The smallest absolute Gasteiger partial charge is 0.293 e. The maximum absolute atomic E-state index is 12.8. The Hall–Kier alpha value is -2.25. The van der Waals surface area contributed by atoms with Crippen LogP contribution >= 0.6 is 27.7 Å². The van der Waals surface area contributed by atoms with Gasteiger partial charge in [-0.25, -0.2) is 0 Å². The van der Waals surface area contributed by atoms with Crippen LogP contribution in [-0.2, 0) is 11.3 Å². The molecule has 1 aliphatic rings. The quantitative estimate of drug-likeness (QED) is 0.510. The van der Waals surface area contributed by atoms with Gasteiger partial charge in [0.2, 0.25) is 0 Å². The first-order valence-corrected chi connectivity index (χ1v) is 10.5. The third-order valence-corrected chi connectivity index (χ3v) is 5.71. The molecular weight excluding hydrogens is 442 g/mol. The van der Waals surface area contributed by atoms with Crippen molar-refractivity contribution in [3.8, 4) is 11.5 Å². The lowest BCUT2D eigenvalue weighted by Gasteiger charge is -2.13. The van der Waals surface area contributed by atoms with E-state index < -0.39 is 0 Å². The SMILES string of the molecule is CCOc1ccc(/C=C2/SC(=O)N(Cc3ccccc3Br)C2=O)cc1OCC. The van der Waals surface area contributed by atoms with Gasteiger partial charge in [0.25, 0.3) is 11.1 Å². The molecule has 0 N–H and O–H groups in total. The minimum atomic E-state index is -0.294. The summed E-state index contributed by atoms with van der Waals surface area (Å²) in [6.45, 7) is 5.08. The second kappa shape index (κ2) is 9.30. The Morgan fingerprint density at radius 1 is 1.04 bits per heavy atom. The van der Waals surface area contributed by atoms with Crippen LogP contribution in [-0.4, -0.2) is 29.3 Å². The Morgan fingerprint density at radius 2 is 1.75 bits per heavy atom. The number of nitrogens with zero attached hydrogens (tertiary/aromatic N) is 1. The summed E-state index contributed by atoms with van der Waals surface area (Å²) < 4.78 is 12.1. The highest BCUT2D eigenvalue weighted by atomic mass is 79.9. The number of carbonyl (C=O) groups is 2. The Morgan fingerprint density at radius 3 is 2.46 bits per heavy atom. The van der Waals surface area contributed by atoms with Gasteiger partial charge in [0.15, 0.2) is 11.5 Å². The highest BCUT2D eigenvalue weighted by molar-refractivity contribution is 9.10. The van der Waals surface area contributed by atoms with Crippen molar-refractivity contribution in [2.45, 2.75) is 20.4 Å². The molecular formula is C21H20BrNO4S. The van der Waals surface area contributed by atoms with Gasteiger partial charge >= 0.3 is 0 Å². The van der Waals surface area contributed by atoms with E-state index in [2.05, 4.69) is 15.9 Å². The van der Waals surface area contributed by atoms with E-state index in [1.807, 2.05) is 56.3 Å². The number of halogens is 1. The topological polar surface area (TPSA) is 55.8 Å². The third kappa shape index (κ3) is 4.59. The molecule has 0 spiro atoms. The number of benzene rings is 2. The minimum absolute atomic E-state index is 0.233. The van der Waals surface area contributed by atoms with Gasteiger partial charge in [-0.2, -0.15) is 0 Å². The van der Waals surface area contributed by atoms with E-state index in [1.54, 1.807) is 6.08 Å². The minimum Gasteiger partial charge on any atom is -0.490 e. The highest BCUT2D eigenvalue weighted by Crippen LogP contribution is 2.36. The monoisotopic (exact) mass is 461 g/mol. The van der Waals surface area contributed by atoms with Gasteiger partial charge in [-0.3, -0.25) is 14.5 Å². The fourth-order valence-electron chi connectivity index (χ4n) is 2.74. The molecule has 2 amide bonds. The molecule has 28 heavy (non-hydrogen) atoms. The van der Waals surface area contributed by atoms with Gasteiger partial charge in [0, 0.05) is 4.47 Å². The summed E-state index contributed by atoms with van der Waals surface area (Å²) in [6, 6.07) is 13.0. The summed E-state index contributed by atoms with van der Waals surface area (Å²) in [4.78, 5) is 26.8. The zero-order valence-electron chi connectivity index (χ0n) is 15.6. The summed E-state index contributed by atoms with van der Waals surface area (Å²) in [5.74, 6) is 0.978. The van der Waals surface area contributed by atoms with Gasteiger partial charge < -0.3 is 9.47 Å². The van der Waals surface area contributed by atoms with Gasteiger partial charge in [0.05, 0.1) is 24.7 Å². The molecule has 0 radical (unpaired) electrons. The molecule has 0 saturated carbocycles. The summed E-state index contributed by atoms with van der Waals surface area (Å²) >= 11 is 4.40. The summed E-state index contributed by atoms with van der Waals surface area (Å²) in [5.41, 5.74) is 1.66. The van der Waals surface area contributed by atoms with Crippen LogP contribution in [0.4, 0.5) is 4.79 Å². The fourth-order valence-corrected chi connectivity index (χ4v) is 3.99. The average Bonchev–Trinajstić information content (AvgIpc) is 2.93. The average molecular weight is 462 g/mol. The zero-order chi connectivity index (χ0) is 20.1. The van der Waals surface area contributed by atoms with Crippen LogP contribution in [0.5, 0.6) is 11.5 Å². The van der Waals surface area contributed by atoms with Gasteiger partial charge in [0.1, 0.15) is 0 Å². The molecule has 1 heterocycles. The molecule has 1 saturated heterocycles. The van der Waals surface area contributed by atoms with E-state index in [9.17, 15) is 9.59 Å². The molecule has 5 nitrogen and oxygen atoms in total. The van der Waals surface area contributed by atoms with Crippen molar-refractivity contribution in [3.05, 3.63) is 63.0 Å². The van der Waals surface area contributed by atoms with E-state index >= 15 is 0 Å². The van der Waals surface area contributed by atoms with Crippen LogP contribution in [0.15, 0.2) is 51.8 Å². The first kappa shape index (κ1) is 20.5. The summed E-state index contributed by atoms with van der Waals surface area (Å²) in [7, 11) is 0. The van der Waals surface area contributed by atoms with Crippen molar-refractivity contribution in [2.75, 3.05) is 13.2 Å². The maximum atomic E-state index is 12.8. The van der Waals surface area contributed by atoms with Crippen molar-refractivity contribution in [1.82, 2.24) is 4.90 Å². The molecule has 2 aromatic rings. The number of amides is 2. The Bertz CT molecular complexity index is 928. The van der Waals surface area contributed by atoms with E-state index in [4.69, 9.17) is 9.47 Å². The highest BCUT2D eigenvalue weighted by Gasteiger charge is 2.35. The summed E-state index contributed by atoms with van der Waals surface area (Å²) in [6.07, 6.45) is 1.71. The van der Waals surface area contributed by atoms with Crippen LogP contribution in [0.25, 0.3) is 6.08 Å². The second-order valence-electron chi connectivity index (χ2n) is 5.93. The lowest BCUT2D eigenvalue weighted by molar-refractivity contribution is -0.123. The predicted octanol–water partition coefficient (Wildman–Crippen LogP) is 5.48. The molecule has 146 valence electrons. The van der Waals surface area contributed by atoms with E-state index in [0.29, 0.717) is 29.6 Å². The third-order valence-electron chi connectivity index (χ3n) is 4.03. The predicted molar refractivity (Wildman–Crippen MR) is 114 cm³/mol. The lowest BCUT2D eigenvalue weighted by Crippen LogP contribution is -2.27. The molecule has 7 heteroatoms. The Kier molecular flexibility index (Phi) is 6.80. The number of hydrogen-bond acceptors (Lipinski definition) is 5. The lowest BCUT2D eigenvalue weighted by atomic mass is 10.1. The Labute approximate surface area is 176 Å². The summed E-state index contributed by atoms with van der Waals surface area (Å²) in [5, 5.41) is -0.275. The molecule has 0 atom stereocenters. The van der Waals surface area contributed by atoms with Crippen molar-refractivity contribution < 1.29 is 19.1 Å². The normalized spacial score (nSPS) is 15.4. The molecule has 0 unspecified atom stereocenters. The van der Waals surface area contributed by atoms with Gasteiger partial charge in [-0.1, -0.05) is 40.2 Å². The number of hydrogen-bond donors (Lipinski definition) is 0. The van der Waals surface area contributed by atoms with Crippen LogP contribution in [0.3, 0.4) is 0 Å². The van der Waals surface area contributed by atoms with Gasteiger partial charge in [-0.05, 0) is 61.0 Å². The first-order chi connectivity index (χ1) is 13.5. The number of carbonyl (C=O) groups excluding carboxylic acids is 2. The van der Waals surface area contributed by atoms with Crippen molar-refractivity contribution in [3.63, 3.8) is 0 Å². The number of rotatable bonds is 7. The number of ether oxygens (including phenoxy) is 2. The molecule has 3 rings (SSSR count). The van der Waals surface area contributed by atoms with Crippen molar-refractivity contribution in [1.29, 1.82) is 0 Å². The van der Waals surface area contributed by atoms with Crippen LogP contribution in [0, 0.1) is 0 Å². The molecule has 1 fully saturated rings. The van der Waals surface area contributed by atoms with E-state index in [1.165, 1.54) is 4.90 Å². The zero-order valence-corrected chi connectivity index (χ0v) is 18.0. The Balaban J connectivity index is 1.83. The molecule has 0 bridgehead atoms.